The number of anilines is 1. The van der Waals surface area contributed by atoms with Gasteiger partial charge in [-0.2, -0.15) is 4.39 Å². The second-order valence-electron chi connectivity index (χ2n) is 4.19. The first-order valence-electron chi connectivity index (χ1n) is 5.57. The van der Waals surface area contributed by atoms with Gasteiger partial charge < -0.3 is 4.52 Å². The first-order chi connectivity index (χ1) is 8.99. The van der Waals surface area contributed by atoms with E-state index in [-0.39, 0.29) is 11.8 Å². The van der Waals surface area contributed by atoms with Gasteiger partial charge in [0.15, 0.2) is 5.82 Å². The predicted octanol–water partition coefficient (Wildman–Crippen LogP) is 2.72. The van der Waals surface area contributed by atoms with Gasteiger partial charge in [0.25, 0.3) is 5.91 Å². The van der Waals surface area contributed by atoms with Gasteiger partial charge in [0.1, 0.15) is 0 Å². The maximum absolute atomic E-state index is 13.3. The molecule has 0 aliphatic carbocycles. The van der Waals surface area contributed by atoms with Gasteiger partial charge in [0.2, 0.25) is 11.8 Å². The minimum absolute atomic E-state index is 0.0744. The summed E-state index contributed by atoms with van der Waals surface area (Å²) in [6.45, 7) is 3.81. The summed E-state index contributed by atoms with van der Waals surface area (Å²) in [6.07, 6.45) is 1.01. The third-order valence-corrected chi connectivity index (χ3v) is 2.45. The number of hydrogen-bond acceptors (Lipinski definition) is 4. The van der Waals surface area contributed by atoms with Crippen LogP contribution < -0.4 is 5.32 Å². The van der Waals surface area contributed by atoms with Crippen LogP contribution in [-0.4, -0.2) is 16.0 Å². The summed E-state index contributed by atoms with van der Waals surface area (Å²) in [7, 11) is 0. The molecular formula is C12H11F2N3O2. The maximum Gasteiger partial charge on any atom is 0.261 e. The molecule has 0 spiro atoms. The van der Waals surface area contributed by atoms with Crippen LogP contribution >= 0.6 is 0 Å². The molecule has 0 radical (unpaired) electrons. The number of aromatic nitrogens is 2. The highest BCUT2D eigenvalue weighted by Crippen LogP contribution is 2.18. The largest absolute Gasteiger partial charge is 0.338 e. The molecule has 19 heavy (non-hydrogen) atoms. The number of amides is 1. The standard InChI is InChI=1S/C12H11F2N3O2/c1-6(2)8-5-9(19-17-8)16-12(18)7-3-4-15-11(14)10(7)13/h3-6H,1-2H3,(H,16,18). The first kappa shape index (κ1) is 13.1. The number of carbonyl (C=O) groups excluding carboxylic acids is 1. The third-order valence-electron chi connectivity index (χ3n) is 2.45. The molecule has 0 aromatic carbocycles. The molecule has 0 fully saturated rings. The maximum atomic E-state index is 13.3. The van der Waals surface area contributed by atoms with Gasteiger partial charge in [-0.05, 0) is 12.0 Å². The fourth-order valence-electron chi connectivity index (χ4n) is 1.39. The lowest BCUT2D eigenvalue weighted by Gasteiger charge is -2.02. The van der Waals surface area contributed by atoms with Crippen LogP contribution in [0, 0.1) is 11.8 Å². The molecule has 2 rings (SSSR count). The van der Waals surface area contributed by atoms with Crippen LogP contribution in [0.1, 0.15) is 35.8 Å². The Morgan fingerprint density at radius 2 is 2.16 bits per heavy atom. The molecule has 0 atom stereocenters. The van der Waals surface area contributed by atoms with E-state index in [1.165, 1.54) is 6.07 Å². The van der Waals surface area contributed by atoms with Crippen molar-refractivity contribution >= 4 is 11.8 Å². The quantitative estimate of drug-likeness (QED) is 0.868. The lowest BCUT2D eigenvalue weighted by atomic mass is 10.1. The van der Waals surface area contributed by atoms with E-state index in [0.717, 1.165) is 12.3 Å². The zero-order valence-corrected chi connectivity index (χ0v) is 10.3. The molecule has 0 aliphatic heterocycles. The lowest BCUT2D eigenvalue weighted by molar-refractivity contribution is 0.101. The number of hydrogen-bond donors (Lipinski definition) is 1. The van der Waals surface area contributed by atoms with Crippen LogP contribution in [0.25, 0.3) is 0 Å². The van der Waals surface area contributed by atoms with E-state index in [4.69, 9.17) is 4.52 Å². The first-order valence-corrected chi connectivity index (χ1v) is 5.57. The molecule has 100 valence electrons. The van der Waals surface area contributed by atoms with Crippen molar-refractivity contribution < 1.29 is 18.1 Å². The Labute approximate surface area is 107 Å². The molecule has 2 heterocycles. The van der Waals surface area contributed by atoms with Gasteiger partial charge in [-0.1, -0.05) is 19.0 Å². The monoisotopic (exact) mass is 267 g/mol. The summed E-state index contributed by atoms with van der Waals surface area (Å²) in [4.78, 5) is 14.8. The molecule has 0 unspecified atom stereocenters. The smallest absolute Gasteiger partial charge is 0.261 e. The van der Waals surface area contributed by atoms with Crippen molar-refractivity contribution in [2.75, 3.05) is 5.32 Å². The molecule has 2 aromatic rings. The van der Waals surface area contributed by atoms with Crippen LogP contribution in [0.15, 0.2) is 22.9 Å². The van der Waals surface area contributed by atoms with E-state index < -0.39 is 23.2 Å². The van der Waals surface area contributed by atoms with Gasteiger partial charge >= 0.3 is 0 Å². The predicted molar refractivity (Wildman–Crippen MR) is 62.7 cm³/mol. The summed E-state index contributed by atoms with van der Waals surface area (Å²) in [5.41, 5.74) is 0.201. The van der Waals surface area contributed by atoms with E-state index in [2.05, 4.69) is 15.5 Å². The Morgan fingerprint density at radius 3 is 2.79 bits per heavy atom. The van der Waals surface area contributed by atoms with Crippen LogP contribution in [0.3, 0.4) is 0 Å². The Hall–Kier alpha value is -2.31. The highest BCUT2D eigenvalue weighted by molar-refractivity contribution is 6.03. The molecule has 7 heteroatoms. The molecule has 0 saturated heterocycles. The van der Waals surface area contributed by atoms with Gasteiger partial charge in [-0.15, -0.1) is 0 Å². The minimum Gasteiger partial charge on any atom is -0.338 e. The molecule has 2 aromatic heterocycles. The van der Waals surface area contributed by atoms with E-state index >= 15 is 0 Å². The van der Waals surface area contributed by atoms with Gasteiger partial charge in [-0.25, -0.2) is 9.37 Å². The van der Waals surface area contributed by atoms with Gasteiger partial charge in [-0.3, -0.25) is 10.1 Å². The molecule has 1 amide bonds. The fourth-order valence-corrected chi connectivity index (χ4v) is 1.39. The van der Waals surface area contributed by atoms with Gasteiger partial charge in [0, 0.05) is 12.3 Å². The van der Waals surface area contributed by atoms with E-state index in [1.54, 1.807) is 0 Å². The lowest BCUT2D eigenvalue weighted by Crippen LogP contribution is -2.14. The molecule has 0 aliphatic rings. The summed E-state index contributed by atoms with van der Waals surface area (Å²) >= 11 is 0. The van der Waals surface area contributed by atoms with Crippen molar-refractivity contribution in [3.8, 4) is 0 Å². The Balaban J connectivity index is 2.18. The third kappa shape index (κ3) is 2.75. The van der Waals surface area contributed by atoms with Crippen molar-refractivity contribution in [3.63, 3.8) is 0 Å². The molecular weight excluding hydrogens is 256 g/mol. The van der Waals surface area contributed by atoms with Gasteiger partial charge in [0.05, 0.1) is 11.3 Å². The molecule has 0 saturated carbocycles. The average Bonchev–Trinajstić information content (AvgIpc) is 2.81. The van der Waals surface area contributed by atoms with Crippen molar-refractivity contribution in [3.05, 3.63) is 41.4 Å². The van der Waals surface area contributed by atoms with Crippen molar-refractivity contribution in [1.82, 2.24) is 10.1 Å². The van der Waals surface area contributed by atoms with Crippen molar-refractivity contribution in [1.29, 1.82) is 0 Å². The highest BCUT2D eigenvalue weighted by atomic mass is 19.2. The number of pyridine rings is 1. The number of rotatable bonds is 3. The Morgan fingerprint density at radius 1 is 1.42 bits per heavy atom. The summed E-state index contributed by atoms with van der Waals surface area (Å²) in [5, 5.41) is 6.03. The Kier molecular flexibility index (Phi) is 3.55. The second-order valence-corrected chi connectivity index (χ2v) is 4.19. The zero-order chi connectivity index (χ0) is 14.0. The molecule has 1 N–H and O–H groups in total. The second kappa shape index (κ2) is 5.13. The van der Waals surface area contributed by atoms with E-state index in [0.29, 0.717) is 5.69 Å². The zero-order valence-electron chi connectivity index (χ0n) is 10.3. The molecule has 5 nitrogen and oxygen atoms in total. The fraction of sp³-hybridized carbons (Fsp3) is 0.250. The number of carbonyl (C=O) groups is 1. The molecule has 0 bridgehead atoms. The van der Waals surface area contributed by atoms with Crippen LogP contribution in [0.4, 0.5) is 14.7 Å². The topological polar surface area (TPSA) is 68.0 Å². The van der Waals surface area contributed by atoms with E-state index in [1.807, 2.05) is 13.8 Å². The SMILES string of the molecule is CC(C)c1cc(NC(=O)c2ccnc(F)c2F)on1. The van der Waals surface area contributed by atoms with Crippen LogP contribution in [0.5, 0.6) is 0 Å². The van der Waals surface area contributed by atoms with Crippen molar-refractivity contribution in [2.45, 2.75) is 19.8 Å². The number of nitrogens with zero attached hydrogens (tertiary/aromatic N) is 2. The van der Waals surface area contributed by atoms with Crippen molar-refractivity contribution in [2.24, 2.45) is 0 Å². The highest BCUT2D eigenvalue weighted by Gasteiger charge is 2.18. The van der Waals surface area contributed by atoms with Crippen LogP contribution in [-0.2, 0) is 0 Å². The Bertz CT molecular complexity index is 611. The summed E-state index contributed by atoms with van der Waals surface area (Å²) < 4.78 is 31.1. The number of halogens is 2. The minimum atomic E-state index is -1.33. The summed E-state index contributed by atoms with van der Waals surface area (Å²) in [5.74, 6) is -3.25. The van der Waals surface area contributed by atoms with E-state index in [9.17, 15) is 13.6 Å². The average molecular weight is 267 g/mol. The van der Waals surface area contributed by atoms with Crippen LogP contribution in [0.2, 0.25) is 0 Å². The summed E-state index contributed by atoms with van der Waals surface area (Å²) in [6, 6.07) is 2.60. The number of nitrogens with one attached hydrogen (secondary N) is 1. The normalized spacial score (nSPS) is 10.8.